The summed E-state index contributed by atoms with van der Waals surface area (Å²) in [6.07, 6.45) is 0. The Morgan fingerprint density at radius 2 is 1.64 bits per heavy atom. The van der Waals surface area contributed by atoms with Crippen molar-refractivity contribution in [2.45, 2.75) is 46.7 Å². The van der Waals surface area contributed by atoms with Crippen LogP contribution in [0.3, 0.4) is 0 Å². The third kappa shape index (κ3) is 4.10. The van der Waals surface area contributed by atoms with Gasteiger partial charge in [-0.1, -0.05) is 11.8 Å². The zero-order valence-corrected chi connectivity index (χ0v) is 16.3. The molecule has 2 rings (SSSR count). The third-order valence-corrected chi connectivity index (χ3v) is 4.99. The van der Waals surface area contributed by atoms with E-state index in [1.807, 2.05) is 20.8 Å². The first-order valence-corrected chi connectivity index (χ1v) is 9.08. The van der Waals surface area contributed by atoms with Crippen LogP contribution in [0.1, 0.15) is 56.0 Å². The van der Waals surface area contributed by atoms with Crippen LogP contribution in [0, 0.1) is 34.6 Å². The number of carbonyl (C=O) groups excluding carboxylic acids is 2. The highest BCUT2D eigenvalue weighted by molar-refractivity contribution is 7.99. The second-order valence-electron chi connectivity index (χ2n) is 5.86. The lowest BCUT2D eigenvalue weighted by atomic mass is 10.1. The summed E-state index contributed by atoms with van der Waals surface area (Å²) in [7, 11) is 0. The molecule has 0 spiro atoms. The molecular formula is C18H23N3O3S. The number of nitrogens with one attached hydrogen (secondary N) is 1. The van der Waals surface area contributed by atoms with Crippen LogP contribution < -0.4 is 0 Å². The van der Waals surface area contributed by atoms with Gasteiger partial charge in [-0.05, 0) is 52.7 Å². The molecule has 0 aliphatic rings. The molecule has 2 aromatic rings. The van der Waals surface area contributed by atoms with Crippen molar-refractivity contribution in [1.29, 1.82) is 0 Å². The van der Waals surface area contributed by atoms with Gasteiger partial charge in [0.25, 0.3) is 0 Å². The number of hydrogen-bond acceptors (Lipinski definition) is 6. The number of rotatable bonds is 6. The largest absolute Gasteiger partial charge is 0.462 e. The molecule has 0 saturated carbocycles. The minimum atomic E-state index is -0.409. The fourth-order valence-corrected chi connectivity index (χ4v) is 3.35. The first-order chi connectivity index (χ1) is 11.8. The van der Waals surface area contributed by atoms with Gasteiger partial charge in [-0.15, -0.1) is 0 Å². The average Bonchev–Trinajstić information content (AvgIpc) is 2.85. The maximum absolute atomic E-state index is 12.6. The molecule has 0 atom stereocenters. The van der Waals surface area contributed by atoms with Crippen molar-refractivity contribution in [3.05, 3.63) is 39.5 Å². The van der Waals surface area contributed by atoms with Crippen molar-refractivity contribution in [1.82, 2.24) is 15.0 Å². The van der Waals surface area contributed by atoms with E-state index < -0.39 is 5.97 Å². The Balaban J connectivity index is 2.17. The molecule has 1 N–H and O–H groups in total. The smallest absolute Gasteiger partial charge is 0.340 e. The van der Waals surface area contributed by atoms with Crippen molar-refractivity contribution < 1.29 is 14.3 Å². The average molecular weight is 361 g/mol. The molecule has 0 aromatic carbocycles. The minimum absolute atomic E-state index is 0.0966. The number of aromatic amines is 1. The minimum Gasteiger partial charge on any atom is -0.462 e. The van der Waals surface area contributed by atoms with Crippen LogP contribution in [0.15, 0.2) is 5.16 Å². The van der Waals surface area contributed by atoms with Crippen molar-refractivity contribution in [3.63, 3.8) is 0 Å². The Bertz CT molecular complexity index is 804. The number of ether oxygens (including phenoxy) is 1. The molecule has 0 unspecified atom stereocenters. The van der Waals surface area contributed by atoms with Crippen molar-refractivity contribution in [3.8, 4) is 0 Å². The van der Waals surface area contributed by atoms with Crippen LogP contribution in [0.5, 0.6) is 0 Å². The van der Waals surface area contributed by atoms with Crippen LogP contribution in [0.25, 0.3) is 0 Å². The standard InChI is InChI=1S/C18H23N3O3S/c1-7-24-17(23)15-10(3)16(19-13(15)6)14(22)8-25-18-20-11(4)9(2)12(5)21-18/h19H,7-8H2,1-6H3. The molecule has 134 valence electrons. The number of aromatic nitrogens is 3. The number of esters is 1. The summed E-state index contributed by atoms with van der Waals surface area (Å²) >= 11 is 1.29. The van der Waals surface area contributed by atoms with Gasteiger partial charge in [-0.3, -0.25) is 4.79 Å². The highest BCUT2D eigenvalue weighted by Gasteiger charge is 2.23. The number of carbonyl (C=O) groups is 2. The zero-order valence-electron chi connectivity index (χ0n) is 15.4. The molecule has 0 saturated heterocycles. The summed E-state index contributed by atoms with van der Waals surface area (Å²) < 4.78 is 5.05. The van der Waals surface area contributed by atoms with E-state index >= 15 is 0 Å². The van der Waals surface area contributed by atoms with E-state index in [-0.39, 0.29) is 11.5 Å². The molecule has 0 aliphatic carbocycles. The normalized spacial score (nSPS) is 10.8. The number of H-pyrrole nitrogens is 1. The van der Waals surface area contributed by atoms with Gasteiger partial charge in [-0.25, -0.2) is 14.8 Å². The Kier molecular flexibility index (Phi) is 6.00. The van der Waals surface area contributed by atoms with E-state index in [4.69, 9.17) is 4.74 Å². The lowest BCUT2D eigenvalue weighted by Gasteiger charge is -2.06. The van der Waals surface area contributed by atoms with Gasteiger partial charge in [0.2, 0.25) is 0 Å². The quantitative estimate of drug-likeness (QED) is 0.367. The highest BCUT2D eigenvalue weighted by Crippen LogP contribution is 2.23. The van der Waals surface area contributed by atoms with Gasteiger partial charge >= 0.3 is 5.97 Å². The molecule has 0 amide bonds. The Hall–Kier alpha value is -2.15. The second kappa shape index (κ2) is 7.82. The summed E-state index contributed by atoms with van der Waals surface area (Å²) in [6.45, 7) is 11.4. The number of Topliss-reactive ketones (excluding diaryl/α,β-unsaturated/α-hetero) is 1. The number of aryl methyl sites for hydroxylation is 3. The number of thioether (sulfide) groups is 1. The molecule has 2 aromatic heterocycles. The molecule has 0 fully saturated rings. The number of nitrogens with zero attached hydrogens (tertiary/aromatic N) is 2. The first kappa shape index (κ1) is 19.2. The van der Waals surface area contributed by atoms with E-state index in [1.165, 1.54) is 11.8 Å². The lowest BCUT2D eigenvalue weighted by molar-refractivity contribution is 0.0525. The predicted octanol–water partition coefficient (Wildman–Crippen LogP) is 3.50. The number of hydrogen-bond donors (Lipinski definition) is 1. The zero-order chi connectivity index (χ0) is 18.7. The van der Waals surface area contributed by atoms with E-state index in [0.717, 1.165) is 17.0 Å². The molecule has 6 nitrogen and oxygen atoms in total. The highest BCUT2D eigenvalue weighted by atomic mass is 32.2. The summed E-state index contributed by atoms with van der Waals surface area (Å²) in [6, 6.07) is 0. The second-order valence-corrected chi connectivity index (χ2v) is 6.80. The molecule has 7 heteroatoms. The van der Waals surface area contributed by atoms with E-state index in [9.17, 15) is 9.59 Å². The summed E-state index contributed by atoms with van der Waals surface area (Å²) in [5.41, 5.74) is 5.03. The fraction of sp³-hybridized carbons (Fsp3) is 0.444. The molecule has 0 bridgehead atoms. The van der Waals surface area contributed by atoms with Crippen molar-refractivity contribution in [2.75, 3.05) is 12.4 Å². The summed E-state index contributed by atoms with van der Waals surface area (Å²) in [5.74, 6) is -0.306. The molecule has 0 aliphatic heterocycles. The SMILES string of the molecule is CCOC(=O)c1c(C)[nH]c(C(=O)CSc2nc(C)c(C)c(C)n2)c1C. The van der Waals surface area contributed by atoms with Crippen molar-refractivity contribution >= 4 is 23.5 Å². The predicted molar refractivity (Wildman–Crippen MR) is 97.5 cm³/mol. The van der Waals surface area contributed by atoms with Gasteiger partial charge in [0.1, 0.15) is 0 Å². The monoisotopic (exact) mass is 361 g/mol. The van der Waals surface area contributed by atoms with Crippen molar-refractivity contribution in [2.24, 2.45) is 0 Å². The van der Waals surface area contributed by atoms with Gasteiger partial charge < -0.3 is 9.72 Å². The van der Waals surface area contributed by atoms with Gasteiger partial charge in [0.15, 0.2) is 10.9 Å². The van der Waals surface area contributed by atoms with E-state index in [1.54, 1.807) is 20.8 Å². The third-order valence-electron chi connectivity index (χ3n) is 4.14. The van der Waals surface area contributed by atoms with E-state index in [2.05, 4.69) is 15.0 Å². The molecule has 25 heavy (non-hydrogen) atoms. The topological polar surface area (TPSA) is 84.9 Å². The van der Waals surface area contributed by atoms with Crippen LogP contribution in [-0.4, -0.2) is 39.1 Å². The molecular weight excluding hydrogens is 338 g/mol. The fourth-order valence-electron chi connectivity index (χ4n) is 2.55. The Morgan fingerprint density at radius 1 is 1.04 bits per heavy atom. The van der Waals surface area contributed by atoms with Crippen LogP contribution in [0.2, 0.25) is 0 Å². The Morgan fingerprint density at radius 3 is 2.20 bits per heavy atom. The van der Waals surface area contributed by atoms with E-state index in [0.29, 0.717) is 34.3 Å². The maximum atomic E-state index is 12.6. The maximum Gasteiger partial charge on any atom is 0.340 e. The van der Waals surface area contributed by atoms with Gasteiger partial charge in [-0.2, -0.15) is 0 Å². The van der Waals surface area contributed by atoms with Crippen LogP contribution in [-0.2, 0) is 4.74 Å². The molecule has 0 radical (unpaired) electrons. The summed E-state index contributed by atoms with van der Waals surface area (Å²) in [4.78, 5) is 36.4. The van der Waals surface area contributed by atoms with Gasteiger partial charge in [0, 0.05) is 17.1 Å². The van der Waals surface area contributed by atoms with Gasteiger partial charge in [0.05, 0.1) is 23.6 Å². The number of ketones is 1. The van der Waals surface area contributed by atoms with Crippen LogP contribution >= 0.6 is 11.8 Å². The first-order valence-electron chi connectivity index (χ1n) is 8.10. The Labute approximate surface area is 151 Å². The lowest BCUT2D eigenvalue weighted by Crippen LogP contribution is -2.09. The summed E-state index contributed by atoms with van der Waals surface area (Å²) in [5, 5.41) is 0.584. The van der Waals surface area contributed by atoms with Crippen LogP contribution in [0.4, 0.5) is 0 Å². The molecule has 2 heterocycles.